The predicted octanol–water partition coefficient (Wildman–Crippen LogP) is 2.62. The Balaban J connectivity index is 1.91. The molecule has 0 amide bonds. The van der Waals surface area contributed by atoms with E-state index in [-0.39, 0.29) is 0 Å². The molecule has 0 aromatic heterocycles. The van der Waals surface area contributed by atoms with Crippen LogP contribution in [0.25, 0.3) is 0 Å². The SMILES string of the molecule is CC(C)(C)CC(CN)N(CC1CC1)C1CC1. The molecule has 1 unspecified atom stereocenters. The fourth-order valence-corrected chi connectivity index (χ4v) is 2.64. The lowest BCUT2D eigenvalue weighted by molar-refractivity contribution is 0.138. The molecule has 0 bridgehead atoms. The molecule has 2 nitrogen and oxygen atoms in total. The molecule has 2 aliphatic rings. The highest BCUT2D eigenvalue weighted by molar-refractivity contribution is 4.93. The summed E-state index contributed by atoms with van der Waals surface area (Å²) in [5.74, 6) is 0.995. The third-order valence-electron chi connectivity index (χ3n) is 3.77. The molecule has 0 saturated heterocycles. The van der Waals surface area contributed by atoms with Crippen LogP contribution in [0.4, 0.5) is 0 Å². The first-order chi connectivity index (χ1) is 7.49. The van der Waals surface area contributed by atoms with Crippen molar-refractivity contribution in [1.82, 2.24) is 4.90 Å². The first-order valence-electron chi connectivity index (χ1n) is 6.95. The van der Waals surface area contributed by atoms with Gasteiger partial charge in [0.15, 0.2) is 0 Å². The zero-order valence-corrected chi connectivity index (χ0v) is 11.2. The van der Waals surface area contributed by atoms with Gasteiger partial charge in [-0.1, -0.05) is 20.8 Å². The second-order valence-corrected chi connectivity index (χ2v) is 7.03. The summed E-state index contributed by atoms with van der Waals surface area (Å²) in [4.78, 5) is 2.74. The normalized spacial score (nSPS) is 23.8. The summed E-state index contributed by atoms with van der Waals surface area (Å²) in [6.45, 7) is 9.15. The van der Waals surface area contributed by atoms with Gasteiger partial charge >= 0.3 is 0 Å². The van der Waals surface area contributed by atoms with Crippen LogP contribution in [-0.4, -0.2) is 30.1 Å². The Hall–Kier alpha value is -0.0800. The molecule has 0 heterocycles. The van der Waals surface area contributed by atoms with Crippen LogP contribution in [-0.2, 0) is 0 Å². The van der Waals surface area contributed by atoms with Crippen molar-refractivity contribution >= 4 is 0 Å². The topological polar surface area (TPSA) is 29.3 Å². The van der Waals surface area contributed by atoms with Gasteiger partial charge in [-0.05, 0) is 43.4 Å². The van der Waals surface area contributed by atoms with Crippen LogP contribution < -0.4 is 5.73 Å². The van der Waals surface area contributed by atoms with E-state index >= 15 is 0 Å². The maximum atomic E-state index is 6.00. The fraction of sp³-hybridized carbons (Fsp3) is 1.00. The van der Waals surface area contributed by atoms with Gasteiger partial charge in [-0.3, -0.25) is 4.90 Å². The molecule has 94 valence electrons. The van der Waals surface area contributed by atoms with Crippen LogP contribution in [0.1, 0.15) is 52.9 Å². The van der Waals surface area contributed by atoms with Crippen LogP contribution in [0.15, 0.2) is 0 Å². The highest BCUT2D eigenvalue weighted by Crippen LogP contribution is 2.37. The monoisotopic (exact) mass is 224 g/mol. The highest BCUT2D eigenvalue weighted by Gasteiger charge is 2.38. The van der Waals surface area contributed by atoms with E-state index in [9.17, 15) is 0 Å². The Kier molecular flexibility index (Phi) is 3.60. The second kappa shape index (κ2) is 4.66. The Morgan fingerprint density at radius 3 is 2.19 bits per heavy atom. The van der Waals surface area contributed by atoms with Gasteiger partial charge in [-0.2, -0.15) is 0 Å². The molecule has 2 saturated carbocycles. The molecular formula is C14H28N2. The van der Waals surface area contributed by atoms with Crippen molar-refractivity contribution in [2.75, 3.05) is 13.1 Å². The summed E-state index contributed by atoms with van der Waals surface area (Å²) >= 11 is 0. The van der Waals surface area contributed by atoms with E-state index in [4.69, 9.17) is 5.73 Å². The summed E-state index contributed by atoms with van der Waals surface area (Å²) in [5, 5.41) is 0. The van der Waals surface area contributed by atoms with Crippen LogP contribution in [0.5, 0.6) is 0 Å². The van der Waals surface area contributed by atoms with Crippen molar-refractivity contribution in [3.05, 3.63) is 0 Å². The Bertz CT molecular complexity index is 223. The second-order valence-electron chi connectivity index (χ2n) is 7.03. The maximum Gasteiger partial charge on any atom is 0.0226 e. The summed E-state index contributed by atoms with van der Waals surface area (Å²) in [6, 6.07) is 1.49. The van der Waals surface area contributed by atoms with Crippen molar-refractivity contribution in [2.24, 2.45) is 17.1 Å². The van der Waals surface area contributed by atoms with Gasteiger partial charge in [0.1, 0.15) is 0 Å². The molecule has 2 heteroatoms. The average Bonchev–Trinajstić information content (AvgIpc) is 2.97. The number of nitrogens with two attached hydrogens (primary N) is 1. The van der Waals surface area contributed by atoms with Crippen LogP contribution in [0.2, 0.25) is 0 Å². The Morgan fingerprint density at radius 2 is 1.81 bits per heavy atom. The van der Waals surface area contributed by atoms with Crippen molar-refractivity contribution in [2.45, 2.75) is 65.0 Å². The lowest BCUT2D eigenvalue weighted by atomic mass is 9.87. The maximum absolute atomic E-state index is 6.00. The van der Waals surface area contributed by atoms with Gasteiger partial charge in [0.05, 0.1) is 0 Å². The summed E-state index contributed by atoms with van der Waals surface area (Å²) < 4.78 is 0. The molecule has 16 heavy (non-hydrogen) atoms. The van der Waals surface area contributed by atoms with E-state index in [0.29, 0.717) is 11.5 Å². The lowest BCUT2D eigenvalue weighted by Crippen LogP contribution is -2.45. The number of rotatable bonds is 6. The molecule has 2 aliphatic carbocycles. The minimum absolute atomic E-state index is 0.403. The Labute approximate surface area is 101 Å². The van der Waals surface area contributed by atoms with Crippen molar-refractivity contribution in [3.8, 4) is 0 Å². The largest absolute Gasteiger partial charge is 0.329 e. The summed E-state index contributed by atoms with van der Waals surface area (Å²) in [6.07, 6.45) is 6.97. The lowest BCUT2D eigenvalue weighted by Gasteiger charge is -2.35. The first-order valence-corrected chi connectivity index (χ1v) is 6.95. The molecule has 2 fully saturated rings. The van der Waals surface area contributed by atoms with Crippen LogP contribution in [0.3, 0.4) is 0 Å². The van der Waals surface area contributed by atoms with E-state index in [0.717, 1.165) is 18.5 Å². The number of hydrogen-bond donors (Lipinski definition) is 1. The van der Waals surface area contributed by atoms with Gasteiger partial charge in [0.25, 0.3) is 0 Å². The molecular weight excluding hydrogens is 196 g/mol. The minimum atomic E-state index is 0.403. The summed E-state index contributed by atoms with van der Waals surface area (Å²) in [5.41, 5.74) is 6.40. The summed E-state index contributed by atoms with van der Waals surface area (Å²) in [7, 11) is 0. The van der Waals surface area contributed by atoms with Crippen LogP contribution in [0, 0.1) is 11.3 Å². The molecule has 0 spiro atoms. The van der Waals surface area contributed by atoms with E-state index in [1.807, 2.05) is 0 Å². The third kappa shape index (κ3) is 3.74. The van der Waals surface area contributed by atoms with Gasteiger partial charge in [-0.25, -0.2) is 0 Å². The van der Waals surface area contributed by atoms with E-state index in [2.05, 4.69) is 25.7 Å². The minimum Gasteiger partial charge on any atom is -0.329 e. The molecule has 0 radical (unpaired) electrons. The van der Waals surface area contributed by atoms with Gasteiger partial charge in [-0.15, -0.1) is 0 Å². The third-order valence-corrected chi connectivity index (χ3v) is 3.77. The predicted molar refractivity (Wildman–Crippen MR) is 69.4 cm³/mol. The average molecular weight is 224 g/mol. The molecule has 0 aromatic carbocycles. The fourth-order valence-electron chi connectivity index (χ4n) is 2.64. The van der Waals surface area contributed by atoms with Crippen molar-refractivity contribution in [1.29, 1.82) is 0 Å². The molecule has 2 N–H and O–H groups in total. The van der Waals surface area contributed by atoms with Gasteiger partial charge < -0.3 is 5.73 Å². The quantitative estimate of drug-likeness (QED) is 0.751. The molecule has 0 aliphatic heterocycles. The first kappa shape index (κ1) is 12.4. The Morgan fingerprint density at radius 1 is 1.19 bits per heavy atom. The number of hydrogen-bond acceptors (Lipinski definition) is 2. The molecule has 1 atom stereocenters. The van der Waals surface area contributed by atoms with Crippen LogP contribution >= 0.6 is 0 Å². The number of nitrogens with zero attached hydrogens (tertiary/aromatic N) is 1. The standard InChI is InChI=1S/C14H28N2/c1-14(2,3)8-13(9-15)16(12-6-7-12)10-11-4-5-11/h11-13H,4-10,15H2,1-3H3. The zero-order valence-electron chi connectivity index (χ0n) is 11.2. The highest BCUT2D eigenvalue weighted by atomic mass is 15.2. The van der Waals surface area contributed by atoms with Gasteiger partial charge in [0.2, 0.25) is 0 Å². The van der Waals surface area contributed by atoms with E-state index in [1.165, 1.54) is 38.6 Å². The van der Waals surface area contributed by atoms with E-state index in [1.54, 1.807) is 0 Å². The molecule has 2 rings (SSSR count). The van der Waals surface area contributed by atoms with E-state index < -0.39 is 0 Å². The van der Waals surface area contributed by atoms with Gasteiger partial charge in [0, 0.05) is 25.2 Å². The molecule has 0 aromatic rings. The van der Waals surface area contributed by atoms with Crippen molar-refractivity contribution < 1.29 is 0 Å². The van der Waals surface area contributed by atoms with Crippen molar-refractivity contribution in [3.63, 3.8) is 0 Å². The smallest absolute Gasteiger partial charge is 0.0226 e. The zero-order chi connectivity index (χ0) is 11.8.